The van der Waals surface area contributed by atoms with Crippen LogP contribution in [0, 0.1) is 0 Å². The summed E-state index contributed by atoms with van der Waals surface area (Å²) in [6.07, 6.45) is 0. The minimum absolute atomic E-state index is 0.228. The van der Waals surface area contributed by atoms with E-state index in [1.54, 1.807) is 36.4 Å². The van der Waals surface area contributed by atoms with Crippen LogP contribution in [0.1, 0.15) is 31.8 Å². The molecular weight excluding hydrogens is 394 g/mol. The van der Waals surface area contributed by atoms with Crippen molar-refractivity contribution in [2.24, 2.45) is 5.73 Å². The highest BCUT2D eigenvalue weighted by molar-refractivity contribution is 6.04. The molecule has 0 aliphatic rings. The number of benzene rings is 3. The van der Waals surface area contributed by atoms with Gasteiger partial charge in [-0.25, -0.2) is 0 Å². The Labute approximate surface area is 181 Å². The van der Waals surface area contributed by atoms with Crippen molar-refractivity contribution in [3.63, 3.8) is 0 Å². The average Bonchev–Trinajstić information content (AvgIpc) is 2.82. The third-order valence-electron chi connectivity index (χ3n) is 4.74. The highest BCUT2D eigenvalue weighted by Crippen LogP contribution is 2.27. The molecule has 0 fully saturated rings. The normalized spacial score (nSPS) is 10.3. The van der Waals surface area contributed by atoms with Crippen molar-refractivity contribution in [1.29, 1.82) is 0 Å². The Kier molecular flexibility index (Phi) is 7.24. The van der Waals surface area contributed by atoms with Gasteiger partial charge >= 0.3 is 0 Å². The van der Waals surface area contributed by atoms with Crippen LogP contribution in [-0.4, -0.2) is 26.0 Å². The summed E-state index contributed by atoms with van der Waals surface area (Å²) in [6.45, 7) is 0.727. The first-order valence-electron chi connectivity index (χ1n) is 9.73. The first-order valence-corrected chi connectivity index (χ1v) is 9.73. The average molecular weight is 419 g/mol. The Balaban J connectivity index is 1.63. The summed E-state index contributed by atoms with van der Waals surface area (Å²) in [5, 5.41) is 5.71. The van der Waals surface area contributed by atoms with Crippen LogP contribution in [0.4, 0.5) is 5.69 Å². The number of rotatable bonds is 8. The van der Waals surface area contributed by atoms with Crippen LogP contribution in [-0.2, 0) is 13.1 Å². The predicted molar refractivity (Wildman–Crippen MR) is 119 cm³/mol. The van der Waals surface area contributed by atoms with Gasteiger partial charge in [0.1, 0.15) is 0 Å². The summed E-state index contributed by atoms with van der Waals surface area (Å²) in [6, 6.07) is 19.4. The smallest absolute Gasteiger partial charge is 0.255 e. The zero-order valence-electron chi connectivity index (χ0n) is 17.5. The number of nitrogens with one attached hydrogen (secondary N) is 2. The maximum absolute atomic E-state index is 12.6. The van der Waals surface area contributed by atoms with Crippen LogP contribution in [0.5, 0.6) is 11.5 Å². The van der Waals surface area contributed by atoms with Gasteiger partial charge in [0.05, 0.1) is 14.2 Å². The summed E-state index contributed by atoms with van der Waals surface area (Å²) < 4.78 is 10.4. The fourth-order valence-corrected chi connectivity index (χ4v) is 3.01. The summed E-state index contributed by atoms with van der Waals surface area (Å²) in [4.78, 5) is 25.1. The topological polar surface area (TPSA) is 103 Å². The Bertz CT molecular complexity index is 1060. The molecule has 0 heterocycles. The van der Waals surface area contributed by atoms with E-state index in [1.165, 1.54) is 14.2 Å². The molecule has 0 aromatic heterocycles. The van der Waals surface area contributed by atoms with Gasteiger partial charge < -0.3 is 25.8 Å². The Morgan fingerprint density at radius 1 is 0.806 bits per heavy atom. The second-order valence-electron chi connectivity index (χ2n) is 6.81. The standard InChI is InChI=1S/C24H25N3O4/c1-30-21-11-8-19(13-22(21)31-2)23(28)26-15-17-4-3-5-18(12-17)24(29)27-20-9-6-16(14-25)7-10-20/h3-13H,14-15,25H2,1-2H3,(H,26,28)(H,27,29). The van der Waals surface area contributed by atoms with E-state index in [0.717, 1.165) is 11.1 Å². The number of methoxy groups -OCH3 is 2. The third-order valence-corrected chi connectivity index (χ3v) is 4.74. The molecule has 3 aromatic rings. The van der Waals surface area contributed by atoms with Crippen molar-refractivity contribution in [2.45, 2.75) is 13.1 Å². The molecule has 4 N–H and O–H groups in total. The van der Waals surface area contributed by atoms with Gasteiger partial charge in [-0.3, -0.25) is 9.59 Å². The third kappa shape index (κ3) is 5.61. The monoisotopic (exact) mass is 419 g/mol. The zero-order chi connectivity index (χ0) is 22.2. The van der Waals surface area contributed by atoms with Crippen LogP contribution >= 0.6 is 0 Å². The molecule has 160 valence electrons. The molecule has 0 radical (unpaired) electrons. The maximum atomic E-state index is 12.6. The Morgan fingerprint density at radius 3 is 2.19 bits per heavy atom. The maximum Gasteiger partial charge on any atom is 0.255 e. The van der Waals surface area contributed by atoms with Crippen LogP contribution in [0.2, 0.25) is 0 Å². The lowest BCUT2D eigenvalue weighted by atomic mass is 10.1. The SMILES string of the molecule is COc1ccc(C(=O)NCc2cccc(C(=O)Nc3ccc(CN)cc3)c2)cc1OC. The Hall–Kier alpha value is -3.84. The van der Waals surface area contributed by atoms with E-state index in [-0.39, 0.29) is 18.4 Å². The lowest BCUT2D eigenvalue weighted by molar-refractivity contribution is 0.0950. The summed E-state index contributed by atoms with van der Waals surface area (Å²) in [5.41, 5.74) is 9.03. The molecule has 0 saturated heterocycles. The van der Waals surface area contributed by atoms with Crippen LogP contribution in [0.25, 0.3) is 0 Å². The number of ether oxygens (including phenoxy) is 2. The van der Waals surface area contributed by atoms with Gasteiger partial charge in [0.2, 0.25) is 0 Å². The predicted octanol–water partition coefficient (Wildman–Crippen LogP) is 3.34. The lowest BCUT2D eigenvalue weighted by Gasteiger charge is -2.11. The van der Waals surface area contributed by atoms with Crippen LogP contribution < -0.4 is 25.8 Å². The van der Waals surface area contributed by atoms with E-state index >= 15 is 0 Å². The van der Waals surface area contributed by atoms with Gasteiger partial charge in [0.15, 0.2) is 11.5 Å². The Morgan fingerprint density at radius 2 is 1.52 bits per heavy atom. The minimum atomic E-state index is -0.254. The summed E-state index contributed by atoms with van der Waals surface area (Å²) in [7, 11) is 3.05. The number of carbonyl (C=O) groups excluding carboxylic acids is 2. The van der Waals surface area contributed by atoms with Crippen molar-refractivity contribution < 1.29 is 19.1 Å². The van der Waals surface area contributed by atoms with Gasteiger partial charge in [-0.2, -0.15) is 0 Å². The molecule has 0 aliphatic carbocycles. The largest absolute Gasteiger partial charge is 0.493 e. The van der Waals surface area contributed by atoms with Gasteiger partial charge in [-0.1, -0.05) is 24.3 Å². The molecule has 31 heavy (non-hydrogen) atoms. The van der Waals surface area contributed by atoms with E-state index in [0.29, 0.717) is 34.9 Å². The molecule has 7 heteroatoms. The fraction of sp³-hybridized carbons (Fsp3) is 0.167. The summed E-state index contributed by atoms with van der Waals surface area (Å²) in [5.74, 6) is 0.549. The van der Waals surface area contributed by atoms with Crippen molar-refractivity contribution in [2.75, 3.05) is 19.5 Å². The van der Waals surface area contributed by atoms with Crippen LogP contribution in [0.15, 0.2) is 66.7 Å². The number of amides is 2. The van der Waals surface area contributed by atoms with E-state index in [1.807, 2.05) is 30.3 Å². The molecular formula is C24H25N3O4. The number of hydrogen-bond acceptors (Lipinski definition) is 5. The van der Waals surface area contributed by atoms with Crippen molar-refractivity contribution in [3.05, 3.63) is 89.0 Å². The fourth-order valence-electron chi connectivity index (χ4n) is 3.01. The van der Waals surface area contributed by atoms with E-state index < -0.39 is 0 Å². The second-order valence-corrected chi connectivity index (χ2v) is 6.81. The van der Waals surface area contributed by atoms with Gasteiger partial charge in [-0.15, -0.1) is 0 Å². The molecule has 7 nitrogen and oxygen atoms in total. The van der Waals surface area contributed by atoms with E-state index in [2.05, 4.69) is 10.6 Å². The van der Waals surface area contributed by atoms with E-state index in [4.69, 9.17) is 15.2 Å². The molecule has 0 bridgehead atoms. The number of nitrogens with two attached hydrogens (primary N) is 1. The van der Waals surface area contributed by atoms with E-state index in [9.17, 15) is 9.59 Å². The van der Waals surface area contributed by atoms with Crippen LogP contribution in [0.3, 0.4) is 0 Å². The number of carbonyl (C=O) groups is 2. The zero-order valence-corrected chi connectivity index (χ0v) is 17.5. The first-order chi connectivity index (χ1) is 15.0. The quantitative estimate of drug-likeness (QED) is 0.520. The summed E-state index contributed by atoms with van der Waals surface area (Å²) >= 11 is 0. The van der Waals surface area contributed by atoms with Gasteiger partial charge in [0.25, 0.3) is 11.8 Å². The molecule has 3 aromatic carbocycles. The highest BCUT2D eigenvalue weighted by Gasteiger charge is 2.11. The second kappa shape index (κ2) is 10.3. The van der Waals surface area contributed by atoms with Gasteiger partial charge in [-0.05, 0) is 53.6 Å². The molecule has 0 saturated carbocycles. The highest BCUT2D eigenvalue weighted by atomic mass is 16.5. The number of hydrogen-bond donors (Lipinski definition) is 3. The van der Waals surface area contributed by atoms with Gasteiger partial charge in [0, 0.05) is 29.9 Å². The van der Waals surface area contributed by atoms with Crippen molar-refractivity contribution in [3.8, 4) is 11.5 Å². The molecule has 0 atom stereocenters. The van der Waals surface area contributed by atoms with Crippen molar-refractivity contribution in [1.82, 2.24) is 5.32 Å². The first kappa shape index (κ1) is 21.9. The lowest BCUT2D eigenvalue weighted by Crippen LogP contribution is -2.23. The minimum Gasteiger partial charge on any atom is -0.493 e. The molecule has 2 amide bonds. The molecule has 0 spiro atoms. The molecule has 0 unspecified atom stereocenters. The molecule has 0 aliphatic heterocycles. The van der Waals surface area contributed by atoms with Crippen molar-refractivity contribution >= 4 is 17.5 Å². The number of anilines is 1. The molecule has 3 rings (SSSR count).